The zero-order valence-corrected chi connectivity index (χ0v) is 11.8. The van der Waals surface area contributed by atoms with E-state index in [4.69, 9.17) is 0 Å². The number of nitrogens with one attached hydrogen (secondary N) is 1. The number of amides is 2. The molecule has 1 N–H and O–H groups in total. The lowest BCUT2D eigenvalue weighted by atomic mass is 9.91. The van der Waals surface area contributed by atoms with Crippen molar-refractivity contribution >= 4 is 11.8 Å². The van der Waals surface area contributed by atoms with E-state index in [-0.39, 0.29) is 24.4 Å². The third kappa shape index (κ3) is 2.09. The Balaban J connectivity index is 1.88. The minimum atomic E-state index is -0.627. The van der Waals surface area contributed by atoms with Gasteiger partial charge in [-0.25, -0.2) is 0 Å². The maximum atomic E-state index is 12.8. The normalized spacial score (nSPS) is 22.9. The Labute approximate surface area is 119 Å². The summed E-state index contributed by atoms with van der Waals surface area (Å²) in [7, 11) is 0. The minimum Gasteiger partial charge on any atom is -0.340 e. The summed E-state index contributed by atoms with van der Waals surface area (Å²) in [6.07, 6.45) is 3.57. The van der Waals surface area contributed by atoms with Gasteiger partial charge in [0.2, 0.25) is 11.8 Å². The largest absolute Gasteiger partial charge is 0.340 e. The van der Waals surface area contributed by atoms with Gasteiger partial charge in [0, 0.05) is 0 Å². The van der Waals surface area contributed by atoms with Gasteiger partial charge in [-0.3, -0.25) is 9.59 Å². The number of nitrogens with zero attached hydrogens (tertiary/aromatic N) is 1. The molecule has 2 aliphatic rings. The van der Waals surface area contributed by atoms with Crippen molar-refractivity contribution in [3.63, 3.8) is 0 Å². The molecule has 1 saturated carbocycles. The first-order chi connectivity index (χ1) is 9.62. The Morgan fingerprint density at radius 1 is 1.15 bits per heavy atom. The van der Waals surface area contributed by atoms with E-state index < -0.39 is 5.54 Å². The lowest BCUT2D eigenvalue weighted by Gasteiger charge is -2.42. The van der Waals surface area contributed by atoms with Gasteiger partial charge in [-0.05, 0) is 25.3 Å². The molecule has 3 rings (SSSR count). The van der Waals surface area contributed by atoms with E-state index in [0.29, 0.717) is 0 Å². The van der Waals surface area contributed by atoms with E-state index in [2.05, 4.69) is 5.32 Å². The summed E-state index contributed by atoms with van der Waals surface area (Å²) in [5.74, 6) is 0.0558. The fraction of sp³-hybridized carbons (Fsp3) is 0.500. The molecule has 1 atom stereocenters. The highest BCUT2D eigenvalue weighted by Crippen LogP contribution is 2.36. The Morgan fingerprint density at radius 2 is 1.80 bits per heavy atom. The summed E-state index contributed by atoms with van der Waals surface area (Å²) in [5.41, 5.74) is 0.446. The zero-order valence-electron chi connectivity index (χ0n) is 11.8. The van der Waals surface area contributed by atoms with Crippen LogP contribution >= 0.6 is 0 Å². The zero-order chi connectivity index (χ0) is 14.2. The number of piperazine rings is 1. The molecule has 1 aliphatic heterocycles. The standard InChI is InChI=1S/C16H20N2O2/c1-12(13-7-3-2-4-8-13)18-11-14(19)17-16(15(18)20)9-5-6-10-16/h2-4,7-8,12H,5-6,9-11H2,1H3,(H,17,19). The molecular weight excluding hydrogens is 252 g/mol. The van der Waals surface area contributed by atoms with Crippen LogP contribution in [-0.2, 0) is 9.59 Å². The van der Waals surface area contributed by atoms with Crippen LogP contribution in [-0.4, -0.2) is 28.8 Å². The average Bonchev–Trinajstić information content (AvgIpc) is 2.92. The van der Waals surface area contributed by atoms with Crippen LogP contribution in [0.25, 0.3) is 0 Å². The number of hydrogen-bond acceptors (Lipinski definition) is 2. The van der Waals surface area contributed by atoms with Crippen molar-refractivity contribution in [2.75, 3.05) is 6.54 Å². The Bertz CT molecular complexity index is 521. The number of carbonyl (C=O) groups is 2. The van der Waals surface area contributed by atoms with Crippen LogP contribution in [0, 0.1) is 0 Å². The van der Waals surface area contributed by atoms with Crippen molar-refractivity contribution in [1.29, 1.82) is 0 Å². The maximum Gasteiger partial charge on any atom is 0.249 e. The van der Waals surface area contributed by atoms with Gasteiger partial charge in [-0.15, -0.1) is 0 Å². The summed E-state index contributed by atoms with van der Waals surface area (Å²) in [5, 5.41) is 2.95. The van der Waals surface area contributed by atoms with Crippen molar-refractivity contribution in [3.8, 4) is 0 Å². The van der Waals surface area contributed by atoms with Gasteiger partial charge in [0.1, 0.15) is 12.1 Å². The van der Waals surface area contributed by atoms with Gasteiger partial charge in [-0.2, -0.15) is 0 Å². The molecule has 2 amide bonds. The molecule has 1 heterocycles. The SMILES string of the molecule is CC(c1ccccc1)N1CC(=O)NC2(CCCC2)C1=O. The van der Waals surface area contributed by atoms with Crippen molar-refractivity contribution in [1.82, 2.24) is 10.2 Å². The van der Waals surface area contributed by atoms with Gasteiger partial charge in [0.25, 0.3) is 0 Å². The van der Waals surface area contributed by atoms with Gasteiger partial charge in [0.15, 0.2) is 0 Å². The summed E-state index contributed by atoms with van der Waals surface area (Å²) < 4.78 is 0. The summed E-state index contributed by atoms with van der Waals surface area (Å²) in [6.45, 7) is 2.16. The number of rotatable bonds is 2. The Kier molecular flexibility index (Phi) is 3.24. The molecule has 2 fully saturated rings. The van der Waals surface area contributed by atoms with Crippen molar-refractivity contribution in [3.05, 3.63) is 35.9 Å². The lowest BCUT2D eigenvalue weighted by Crippen LogP contribution is -2.65. The third-order valence-corrected chi connectivity index (χ3v) is 4.57. The summed E-state index contributed by atoms with van der Waals surface area (Å²) in [4.78, 5) is 26.6. The van der Waals surface area contributed by atoms with Crippen LogP contribution in [0.1, 0.15) is 44.2 Å². The van der Waals surface area contributed by atoms with Crippen LogP contribution in [0.5, 0.6) is 0 Å². The molecule has 0 radical (unpaired) electrons. The average molecular weight is 272 g/mol. The van der Waals surface area contributed by atoms with E-state index >= 15 is 0 Å². The van der Waals surface area contributed by atoms with Crippen LogP contribution < -0.4 is 5.32 Å². The van der Waals surface area contributed by atoms with Gasteiger partial charge < -0.3 is 10.2 Å². The minimum absolute atomic E-state index is 0.0331. The molecule has 1 unspecified atom stereocenters. The van der Waals surface area contributed by atoms with Crippen molar-refractivity contribution in [2.45, 2.75) is 44.2 Å². The van der Waals surface area contributed by atoms with Gasteiger partial charge in [-0.1, -0.05) is 43.2 Å². The van der Waals surface area contributed by atoms with E-state index in [9.17, 15) is 9.59 Å². The highest BCUT2D eigenvalue weighted by molar-refractivity contribution is 5.98. The van der Waals surface area contributed by atoms with Crippen LogP contribution in [0.4, 0.5) is 0 Å². The molecule has 1 saturated heterocycles. The summed E-state index contributed by atoms with van der Waals surface area (Å²) >= 11 is 0. The van der Waals surface area contributed by atoms with E-state index in [1.807, 2.05) is 37.3 Å². The first-order valence-corrected chi connectivity index (χ1v) is 7.29. The van der Waals surface area contributed by atoms with Crippen molar-refractivity contribution in [2.24, 2.45) is 0 Å². The molecule has 0 aromatic heterocycles. The van der Waals surface area contributed by atoms with Crippen LogP contribution in [0.15, 0.2) is 30.3 Å². The van der Waals surface area contributed by atoms with E-state index in [1.165, 1.54) is 0 Å². The summed E-state index contributed by atoms with van der Waals surface area (Å²) in [6, 6.07) is 9.83. The van der Waals surface area contributed by atoms with Crippen molar-refractivity contribution < 1.29 is 9.59 Å². The number of carbonyl (C=O) groups excluding carboxylic acids is 2. The molecule has 4 nitrogen and oxygen atoms in total. The number of hydrogen-bond donors (Lipinski definition) is 1. The molecular formula is C16H20N2O2. The molecule has 20 heavy (non-hydrogen) atoms. The maximum absolute atomic E-state index is 12.8. The molecule has 1 aromatic carbocycles. The van der Waals surface area contributed by atoms with E-state index in [1.54, 1.807) is 4.90 Å². The van der Waals surface area contributed by atoms with Gasteiger partial charge >= 0.3 is 0 Å². The smallest absolute Gasteiger partial charge is 0.249 e. The monoisotopic (exact) mass is 272 g/mol. The van der Waals surface area contributed by atoms with Crippen LogP contribution in [0.3, 0.4) is 0 Å². The second-order valence-corrected chi connectivity index (χ2v) is 5.86. The van der Waals surface area contributed by atoms with Crippen LogP contribution in [0.2, 0.25) is 0 Å². The Morgan fingerprint density at radius 3 is 2.45 bits per heavy atom. The molecule has 106 valence electrons. The molecule has 1 aliphatic carbocycles. The highest BCUT2D eigenvalue weighted by atomic mass is 16.2. The fourth-order valence-electron chi connectivity index (χ4n) is 3.40. The Hall–Kier alpha value is -1.84. The predicted octanol–water partition coefficient (Wildman–Crippen LogP) is 2.02. The third-order valence-electron chi connectivity index (χ3n) is 4.57. The fourth-order valence-corrected chi connectivity index (χ4v) is 3.40. The van der Waals surface area contributed by atoms with E-state index in [0.717, 1.165) is 31.2 Å². The first kappa shape index (κ1) is 13.2. The molecule has 0 bridgehead atoms. The number of benzene rings is 1. The molecule has 1 aromatic rings. The molecule has 4 heteroatoms. The van der Waals surface area contributed by atoms with Gasteiger partial charge in [0.05, 0.1) is 6.04 Å². The molecule has 1 spiro atoms. The topological polar surface area (TPSA) is 49.4 Å². The second kappa shape index (κ2) is 4.93. The first-order valence-electron chi connectivity index (χ1n) is 7.29. The lowest BCUT2D eigenvalue weighted by molar-refractivity contribution is -0.152. The quantitative estimate of drug-likeness (QED) is 0.895. The highest BCUT2D eigenvalue weighted by Gasteiger charge is 2.49. The second-order valence-electron chi connectivity index (χ2n) is 5.86. The predicted molar refractivity (Wildman–Crippen MR) is 75.9 cm³/mol.